The fraction of sp³-hybridized carbons (Fsp3) is 0.125. The van der Waals surface area contributed by atoms with E-state index in [0.29, 0.717) is 11.5 Å². The molecule has 0 atom stereocenters. The van der Waals surface area contributed by atoms with Gasteiger partial charge in [0.2, 0.25) is 0 Å². The maximum absolute atomic E-state index is 11.2. The lowest BCUT2D eigenvalue weighted by molar-refractivity contribution is 0.899. The standard InChI is InChI=1S/C8H7N3O/c1-6-9-7-4-2-3-5-11(7)8(12)10-6/h2-5H,1H3. The molecule has 0 saturated carbocycles. The molecule has 12 heavy (non-hydrogen) atoms. The van der Waals surface area contributed by atoms with Crippen molar-refractivity contribution in [2.75, 3.05) is 0 Å². The van der Waals surface area contributed by atoms with Crippen molar-refractivity contribution in [1.29, 1.82) is 0 Å². The first-order valence-electron chi connectivity index (χ1n) is 3.59. The van der Waals surface area contributed by atoms with Gasteiger partial charge in [0.05, 0.1) is 0 Å². The van der Waals surface area contributed by atoms with E-state index in [4.69, 9.17) is 0 Å². The number of pyridine rings is 1. The third-order valence-electron chi connectivity index (χ3n) is 1.58. The predicted molar refractivity (Wildman–Crippen MR) is 44.0 cm³/mol. The summed E-state index contributed by atoms with van der Waals surface area (Å²) in [6.07, 6.45) is 1.65. The average Bonchev–Trinajstić information content (AvgIpc) is 2.04. The molecule has 0 fully saturated rings. The Balaban J connectivity index is 2.99. The average molecular weight is 161 g/mol. The monoisotopic (exact) mass is 161 g/mol. The first kappa shape index (κ1) is 6.97. The summed E-state index contributed by atoms with van der Waals surface area (Å²) in [4.78, 5) is 19.0. The van der Waals surface area contributed by atoms with Crippen LogP contribution < -0.4 is 5.69 Å². The van der Waals surface area contributed by atoms with Gasteiger partial charge in [-0.3, -0.25) is 4.40 Å². The molecular formula is C8H7N3O. The lowest BCUT2D eigenvalue weighted by Crippen LogP contribution is -2.18. The van der Waals surface area contributed by atoms with Crippen molar-refractivity contribution >= 4 is 5.65 Å². The van der Waals surface area contributed by atoms with Gasteiger partial charge in [-0.25, -0.2) is 9.78 Å². The number of aryl methyl sites for hydroxylation is 1. The van der Waals surface area contributed by atoms with Gasteiger partial charge in [0.25, 0.3) is 0 Å². The number of aromatic nitrogens is 3. The molecule has 2 aromatic heterocycles. The van der Waals surface area contributed by atoms with Crippen LogP contribution in [0.1, 0.15) is 5.82 Å². The van der Waals surface area contributed by atoms with Gasteiger partial charge >= 0.3 is 5.69 Å². The first-order valence-corrected chi connectivity index (χ1v) is 3.59. The summed E-state index contributed by atoms with van der Waals surface area (Å²) in [5.74, 6) is 0.506. The Morgan fingerprint density at radius 2 is 2.17 bits per heavy atom. The second-order valence-corrected chi connectivity index (χ2v) is 2.48. The van der Waals surface area contributed by atoms with E-state index in [1.165, 1.54) is 4.40 Å². The molecule has 0 aromatic carbocycles. The second-order valence-electron chi connectivity index (χ2n) is 2.48. The fourth-order valence-electron chi connectivity index (χ4n) is 1.07. The molecule has 2 heterocycles. The number of rotatable bonds is 0. The van der Waals surface area contributed by atoms with E-state index in [1.54, 1.807) is 25.3 Å². The molecule has 2 aromatic rings. The number of hydrogen-bond acceptors (Lipinski definition) is 3. The Labute approximate surface area is 68.5 Å². The molecule has 0 bridgehead atoms. The minimum Gasteiger partial charge on any atom is -0.251 e. The third kappa shape index (κ3) is 0.972. The van der Waals surface area contributed by atoms with Crippen molar-refractivity contribution < 1.29 is 0 Å². The van der Waals surface area contributed by atoms with Crippen LogP contribution in [0.4, 0.5) is 0 Å². The lowest BCUT2D eigenvalue weighted by Gasteiger charge is -1.97. The lowest BCUT2D eigenvalue weighted by atomic mass is 10.5. The zero-order valence-electron chi connectivity index (χ0n) is 6.56. The molecule has 0 aliphatic carbocycles. The van der Waals surface area contributed by atoms with Crippen molar-refractivity contribution in [3.05, 3.63) is 40.7 Å². The Kier molecular flexibility index (Phi) is 1.40. The van der Waals surface area contributed by atoms with Crippen LogP contribution in [0, 0.1) is 6.92 Å². The van der Waals surface area contributed by atoms with Gasteiger partial charge in [-0.15, -0.1) is 0 Å². The van der Waals surface area contributed by atoms with Crippen LogP contribution in [0.2, 0.25) is 0 Å². The summed E-state index contributed by atoms with van der Waals surface area (Å²) in [5.41, 5.74) is 0.355. The van der Waals surface area contributed by atoms with Crippen molar-refractivity contribution in [1.82, 2.24) is 14.4 Å². The molecule has 0 radical (unpaired) electrons. The quantitative estimate of drug-likeness (QED) is 0.561. The summed E-state index contributed by atoms with van der Waals surface area (Å²) in [7, 11) is 0. The molecule has 4 nitrogen and oxygen atoms in total. The van der Waals surface area contributed by atoms with Crippen LogP contribution in [0.15, 0.2) is 29.2 Å². The van der Waals surface area contributed by atoms with Crippen LogP contribution >= 0.6 is 0 Å². The molecule has 0 aliphatic heterocycles. The van der Waals surface area contributed by atoms with E-state index < -0.39 is 0 Å². The van der Waals surface area contributed by atoms with Gasteiger partial charge in [-0.1, -0.05) is 6.07 Å². The van der Waals surface area contributed by atoms with E-state index >= 15 is 0 Å². The zero-order chi connectivity index (χ0) is 8.55. The minimum atomic E-state index is -0.280. The molecule has 0 saturated heterocycles. The summed E-state index contributed by atoms with van der Waals surface area (Å²) >= 11 is 0. The topological polar surface area (TPSA) is 47.3 Å². The maximum atomic E-state index is 11.2. The van der Waals surface area contributed by atoms with Gasteiger partial charge in [0.15, 0.2) is 0 Å². The fourth-order valence-corrected chi connectivity index (χ4v) is 1.07. The van der Waals surface area contributed by atoms with E-state index in [0.717, 1.165) is 0 Å². The van der Waals surface area contributed by atoms with Crippen LogP contribution in [0.25, 0.3) is 5.65 Å². The minimum absolute atomic E-state index is 0.280. The van der Waals surface area contributed by atoms with Crippen molar-refractivity contribution in [2.24, 2.45) is 0 Å². The van der Waals surface area contributed by atoms with Gasteiger partial charge in [0, 0.05) is 6.20 Å². The number of fused-ring (bicyclic) bond motifs is 1. The number of hydrogen-bond donors (Lipinski definition) is 0. The zero-order valence-corrected chi connectivity index (χ0v) is 6.56. The Hall–Kier alpha value is -1.71. The largest absolute Gasteiger partial charge is 0.355 e. The number of nitrogens with zero attached hydrogens (tertiary/aromatic N) is 3. The second kappa shape index (κ2) is 2.41. The van der Waals surface area contributed by atoms with Gasteiger partial charge in [-0.05, 0) is 19.1 Å². The summed E-state index contributed by atoms with van der Waals surface area (Å²) in [5, 5.41) is 0. The van der Waals surface area contributed by atoms with Gasteiger partial charge < -0.3 is 0 Å². The van der Waals surface area contributed by atoms with Crippen LogP contribution in [-0.4, -0.2) is 14.4 Å². The SMILES string of the molecule is Cc1nc(=O)n2ccccc2n1. The van der Waals surface area contributed by atoms with Crippen LogP contribution in [-0.2, 0) is 0 Å². The maximum Gasteiger partial charge on any atom is 0.355 e. The highest BCUT2D eigenvalue weighted by Gasteiger charge is 1.96. The molecule has 0 unspecified atom stereocenters. The van der Waals surface area contributed by atoms with Crippen LogP contribution in [0.5, 0.6) is 0 Å². The van der Waals surface area contributed by atoms with E-state index in [9.17, 15) is 4.79 Å². The molecule has 2 rings (SSSR count). The molecule has 60 valence electrons. The Morgan fingerprint density at radius 1 is 1.33 bits per heavy atom. The summed E-state index contributed by atoms with van der Waals surface area (Å²) in [6.45, 7) is 1.70. The van der Waals surface area contributed by atoms with E-state index in [-0.39, 0.29) is 5.69 Å². The highest BCUT2D eigenvalue weighted by Crippen LogP contribution is 1.94. The van der Waals surface area contributed by atoms with E-state index in [1.807, 2.05) is 6.07 Å². The van der Waals surface area contributed by atoms with Gasteiger partial charge in [-0.2, -0.15) is 4.98 Å². The predicted octanol–water partition coefficient (Wildman–Crippen LogP) is 0.398. The summed E-state index contributed by atoms with van der Waals surface area (Å²) < 4.78 is 1.41. The Morgan fingerprint density at radius 3 is 3.00 bits per heavy atom. The molecule has 0 aliphatic rings. The molecule has 0 amide bonds. The molecular weight excluding hydrogens is 154 g/mol. The van der Waals surface area contributed by atoms with Crippen LogP contribution in [0.3, 0.4) is 0 Å². The first-order chi connectivity index (χ1) is 5.77. The Bertz CT molecular complexity index is 475. The van der Waals surface area contributed by atoms with Crippen molar-refractivity contribution in [3.63, 3.8) is 0 Å². The van der Waals surface area contributed by atoms with Crippen molar-refractivity contribution in [3.8, 4) is 0 Å². The van der Waals surface area contributed by atoms with E-state index in [2.05, 4.69) is 9.97 Å². The smallest absolute Gasteiger partial charge is 0.251 e. The highest BCUT2D eigenvalue weighted by molar-refractivity contribution is 5.36. The molecule has 4 heteroatoms. The van der Waals surface area contributed by atoms with Crippen molar-refractivity contribution in [2.45, 2.75) is 6.92 Å². The normalized spacial score (nSPS) is 10.4. The third-order valence-corrected chi connectivity index (χ3v) is 1.58. The summed E-state index contributed by atoms with van der Waals surface area (Å²) in [6, 6.07) is 5.38. The molecule has 0 spiro atoms. The highest BCUT2D eigenvalue weighted by atomic mass is 16.1. The molecule has 0 N–H and O–H groups in total. The van der Waals surface area contributed by atoms with Gasteiger partial charge in [0.1, 0.15) is 11.5 Å².